The first-order valence-electron chi connectivity index (χ1n) is 10.3. The molecule has 4 fully saturated rings. The molecule has 0 aromatic carbocycles. The molecule has 2 unspecified atom stereocenters. The third-order valence-electron chi connectivity index (χ3n) is 6.65. The van der Waals surface area contributed by atoms with Crippen LogP contribution in [-0.2, 0) is 6.54 Å². The van der Waals surface area contributed by atoms with Gasteiger partial charge in [0.1, 0.15) is 0 Å². The van der Waals surface area contributed by atoms with Crippen molar-refractivity contribution in [3.8, 4) is 0 Å². The monoisotopic (exact) mass is 391 g/mol. The molecular weight excluding hydrogens is 362 g/mol. The lowest BCUT2D eigenvalue weighted by atomic mass is 9.99. The number of hydrogen-bond acceptors (Lipinski definition) is 6. The van der Waals surface area contributed by atoms with Gasteiger partial charge in [-0.05, 0) is 62.3 Å². The third kappa shape index (κ3) is 3.17. The fourth-order valence-electron chi connectivity index (χ4n) is 5.50. The van der Waals surface area contributed by atoms with E-state index in [4.69, 9.17) is 0 Å². The Hall–Kier alpha value is -1.51. The summed E-state index contributed by atoms with van der Waals surface area (Å²) in [6, 6.07) is 0.734. The number of nitrogens with one attached hydrogen (secondary N) is 1. The molecule has 27 heavy (non-hydrogen) atoms. The van der Waals surface area contributed by atoms with E-state index in [-0.39, 0.29) is 24.2 Å². The van der Waals surface area contributed by atoms with Crippen LogP contribution in [0.2, 0.25) is 0 Å². The second kappa shape index (κ2) is 6.83. The molecule has 2 amide bonds. The molecule has 4 aliphatic heterocycles. The van der Waals surface area contributed by atoms with Crippen LogP contribution in [0.25, 0.3) is 0 Å². The van der Waals surface area contributed by atoms with Gasteiger partial charge in [0.25, 0.3) is 0 Å². The number of fused-ring (bicyclic) bond motifs is 3. The summed E-state index contributed by atoms with van der Waals surface area (Å²) in [5.74, 6) is 1.56. The minimum atomic E-state index is 0.0663. The second-order valence-electron chi connectivity index (χ2n) is 8.81. The molecule has 0 aliphatic carbocycles. The normalized spacial score (nSPS) is 35.7. The summed E-state index contributed by atoms with van der Waals surface area (Å²) in [5.41, 5.74) is 0. The molecule has 1 aromatic rings. The summed E-state index contributed by atoms with van der Waals surface area (Å²) in [6.45, 7) is 6.77. The minimum absolute atomic E-state index is 0.0663. The first kappa shape index (κ1) is 17.6. The number of carbonyl (C=O) groups excluding carboxylic acids is 1. The van der Waals surface area contributed by atoms with Crippen LogP contribution >= 0.6 is 11.8 Å². The number of thioether (sulfide) groups is 1. The van der Waals surface area contributed by atoms with Gasteiger partial charge in [0.2, 0.25) is 5.95 Å². The predicted octanol–water partition coefficient (Wildman–Crippen LogP) is 1.73. The first-order chi connectivity index (χ1) is 13.1. The molecule has 4 aliphatic rings. The SMILES string of the molecule is CC(C)N1C(=O)N[C@H]2CN(c3nnnn3CC3CC4CCC(C3)S4)CC[C@H]21. The molecule has 8 nitrogen and oxygen atoms in total. The van der Waals surface area contributed by atoms with Gasteiger partial charge >= 0.3 is 6.03 Å². The van der Waals surface area contributed by atoms with E-state index in [1.165, 1.54) is 25.7 Å². The molecule has 5 heterocycles. The second-order valence-corrected chi connectivity index (χ2v) is 10.4. The largest absolute Gasteiger partial charge is 0.337 e. The Kier molecular flexibility index (Phi) is 4.44. The van der Waals surface area contributed by atoms with E-state index < -0.39 is 0 Å². The number of nitrogens with zero attached hydrogens (tertiary/aromatic N) is 6. The lowest BCUT2D eigenvalue weighted by molar-refractivity contribution is 0.175. The minimum Gasteiger partial charge on any atom is -0.337 e. The van der Waals surface area contributed by atoms with Gasteiger partial charge in [0, 0.05) is 36.2 Å². The fraction of sp³-hybridized carbons (Fsp3) is 0.889. The van der Waals surface area contributed by atoms with E-state index >= 15 is 0 Å². The molecule has 148 valence electrons. The van der Waals surface area contributed by atoms with Crippen molar-refractivity contribution in [1.29, 1.82) is 0 Å². The van der Waals surface area contributed by atoms with Crippen LogP contribution in [0.5, 0.6) is 0 Å². The Morgan fingerprint density at radius 3 is 2.74 bits per heavy atom. The van der Waals surface area contributed by atoms with Crippen molar-refractivity contribution in [2.24, 2.45) is 5.92 Å². The van der Waals surface area contributed by atoms with Gasteiger partial charge in [-0.1, -0.05) is 5.10 Å². The standard InChI is InChI=1S/C18H29N7OS/c1-11(2)25-16-5-6-23(10-15(16)19-18(25)26)17-20-21-22-24(17)9-12-7-13-3-4-14(8-12)27-13/h11-16H,3-10H2,1-2H3,(H,19,26)/t12?,13?,14?,15-,16+/m0/s1. The predicted molar refractivity (Wildman–Crippen MR) is 105 cm³/mol. The number of hydrogen-bond donors (Lipinski definition) is 1. The van der Waals surface area contributed by atoms with E-state index in [2.05, 4.69) is 51.4 Å². The molecule has 0 radical (unpaired) electrons. The number of amides is 2. The number of tetrazole rings is 1. The molecule has 2 bridgehead atoms. The van der Waals surface area contributed by atoms with Gasteiger partial charge in [-0.3, -0.25) is 0 Å². The maximum atomic E-state index is 12.3. The van der Waals surface area contributed by atoms with Crippen molar-refractivity contribution in [3.63, 3.8) is 0 Å². The smallest absolute Gasteiger partial charge is 0.318 e. The van der Waals surface area contributed by atoms with E-state index in [0.29, 0.717) is 5.92 Å². The van der Waals surface area contributed by atoms with Gasteiger partial charge < -0.3 is 15.1 Å². The maximum Gasteiger partial charge on any atom is 0.318 e. The Balaban J connectivity index is 1.27. The van der Waals surface area contributed by atoms with Gasteiger partial charge in [0.05, 0.1) is 12.1 Å². The molecular formula is C18H29N7OS. The number of rotatable bonds is 4. The summed E-state index contributed by atoms with van der Waals surface area (Å²) in [5, 5.41) is 17.5. The zero-order valence-electron chi connectivity index (χ0n) is 16.1. The van der Waals surface area contributed by atoms with Crippen molar-refractivity contribution < 1.29 is 4.79 Å². The van der Waals surface area contributed by atoms with Crippen LogP contribution in [0.3, 0.4) is 0 Å². The zero-order chi connectivity index (χ0) is 18.5. The van der Waals surface area contributed by atoms with Gasteiger partial charge in [-0.15, -0.1) is 0 Å². The van der Waals surface area contributed by atoms with E-state index in [1.807, 2.05) is 9.58 Å². The van der Waals surface area contributed by atoms with Crippen molar-refractivity contribution >= 4 is 23.7 Å². The van der Waals surface area contributed by atoms with E-state index in [1.54, 1.807) is 0 Å². The quantitative estimate of drug-likeness (QED) is 0.842. The number of piperidine rings is 1. The topological polar surface area (TPSA) is 79.2 Å². The Morgan fingerprint density at radius 2 is 2.00 bits per heavy atom. The highest BCUT2D eigenvalue weighted by atomic mass is 32.2. The summed E-state index contributed by atoms with van der Waals surface area (Å²) in [4.78, 5) is 16.6. The molecule has 1 aromatic heterocycles. The highest BCUT2D eigenvalue weighted by Crippen LogP contribution is 2.46. The molecule has 5 rings (SSSR count). The molecule has 0 saturated carbocycles. The van der Waals surface area contributed by atoms with Gasteiger partial charge in [-0.25, -0.2) is 9.48 Å². The highest BCUT2D eigenvalue weighted by Gasteiger charge is 2.44. The highest BCUT2D eigenvalue weighted by molar-refractivity contribution is 8.00. The molecule has 4 saturated heterocycles. The lowest BCUT2D eigenvalue weighted by Gasteiger charge is -2.38. The van der Waals surface area contributed by atoms with Crippen molar-refractivity contribution in [2.45, 2.75) is 81.1 Å². The van der Waals surface area contributed by atoms with Crippen molar-refractivity contribution in [1.82, 2.24) is 30.4 Å². The Labute approximate surface area is 164 Å². The average Bonchev–Trinajstić information content (AvgIpc) is 3.30. The van der Waals surface area contributed by atoms with Crippen LogP contribution in [0, 0.1) is 5.92 Å². The number of carbonyl (C=O) groups is 1. The average molecular weight is 392 g/mol. The summed E-state index contributed by atoms with van der Waals surface area (Å²) < 4.78 is 2.01. The fourth-order valence-corrected chi connectivity index (χ4v) is 7.36. The zero-order valence-corrected chi connectivity index (χ0v) is 16.9. The molecule has 9 heteroatoms. The summed E-state index contributed by atoms with van der Waals surface area (Å²) in [6.07, 6.45) is 6.32. The van der Waals surface area contributed by atoms with Crippen LogP contribution in [-0.4, -0.2) is 72.9 Å². The molecule has 4 atom stereocenters. The number of aromatic nitrogens is 4. The third-order valence-corrected chi connectivity index (χ3v) is 8.27. The van der Waals surface area contributed by atoms with Crippen LogP contribution in [0.1, 0.15) is 46.0 Å². The summed E-state index contributed by atoms with van der Waals surface area (Å²) >= 11 is 2.20. The first-order valence-corrected chi connectivity index (χ1v) is 11.3. The molecule has 0 spiro atoms. The van der Waals surface area contributed by atoms with E-state index in [0.717, 1.165) is 42.5 Å². The maximum absolute atomic E-state index is 12.3. The molecule has 1 N–H and O–H groups in total. The van der Waals surface area contributed by atoms with Crippen LogP contribution in [0.15, 0.2) is 0 Å². The number of urea groups is 1. The van der Waals surface area contributed by atoms with Crippen LogP contribution in [0.4, 0.5) is 10.7 Å². The number of anilines is 1. The van der Waals surface area contributed by atoms with Crippen LogP contribution < -0.4 is 10.2 Å². The van der Waals surface area contributed by atoms with Crippen molar-refractivity contribution in [3.05, 3.63) is 0 Å². The van der Waals surface area contributed by atoms with E-state index in [9.17, 15) is 4.79 Å². The van der Waals surface area contributed by atoms with Crippen molar-refractivity contribution in [2.75, 3.05) is 18.0 Å². The Morgan fingerprint density at radius 1 is 1.22 bits per heavy atom. The van der Waals surface area contributed by atoms with Gasteiger partial charge in [-0.2, -0.15) is 11.8 Å². The summed E-state index contributed by atoms with van der Waals surface area (Å²) in [7, 11) is 0. The Bertz CT molecular complexity index is 698. The lowest BCUT2D eigenvalue weighted by Crippen LogP contribution is -2.53. The van der Waals surface area contributed by atoms with Gasteiger partial charge in [0.15, 0.2) is 0 Å².